The number of ether oxygens (including phenoxy) is 1. The molecule has 2 aromatic heterocycles. The standard InChI is InChI=1S/C18H24BClN6O/c1-7-19(11-21)12(2)14-8-13(16(27-6)9-23-14)15-10-26(25(4)5)18(22-3)17(20)24-15/h8-10,12H,7H2,1-6H3. The Morgan fingerprint density at radius 2 is 2.19 bits per heavy atom. The first-order valence-electron chi connectivity index (χ1n) is 8.71. The molecule has 0 spiro atoms. The molecule has 142 valence electrons. The van der Waals surface area contributed by atoms with Gasteiger partial charge in [0.2, 0.25) is 0 Å². The molecular weight excluding hydrogens is 363 g/mol. The molecule has 0 saturated heterocycles. The fourth-order valence-corrected chi connectivity index (χ4v) is 3.18. The number of methoxy groups -OCH3 is 1. The van der Waals surface area contributed by atoms with Crippen molar-refractivity contribution in [3.05, 3.63) is 34.8 Å². The first-order valence-corrected chi connectivity index (χ1v) is 9.09. The fourth-order valence-electron chi connectivity index (χ4n) is 2.92. The fraction of sp³-hybridized carbons (Fsp3) is 0.444. The SMILES string of the molecule is CCB(C#N)C(C)c1cc(-c2cn(N(C)C)c(=NC)c(Cl)n2)c(OC)cn1. The maximum absolute atomic E-state index is 9.38. The van der Waals surface area contributed by atoms with Gasteiger partial charge in [-0.25, -0.2) is 14.9 Å². The van der Waals surface area contributed by atoms with Gasteiger partial charge in [0.05, 0.1) is 25.2 Å². The van der Waals surface area contributed by atoms with Crippen molar-refractivity contribution in [2.24, 2.45) is 4.99 Å². The second kappa shape index (κ2) is 8.91. The lowest BCUT2D eigenvalue weighted by Crippen LogP contribution is -2.37. The zero-order valence-electron chi connectivity index (χ0n) is 16.6. The maximum Gasteiger partial charge on any atom is 0.276 e. The van der Waals surface area contributed by atoms with Crippen molar-refractivity contribution in [1.82, 2.24) is 14.6 Å². The van der Waals surface area contributed by atoms with Crippen LogP contribution in [0.25, 0.3) is 11.3 Å². The van der Waals surface area contributed by atoms with Gasteiger partial charge in [-0.3, -0.25) is 9.98 Å². The molecule has 0 aliphatic rings. The lowest BCUT2D eigenvalue weighted by Gasteiger charge is -2.20. The third-order valence-corrected chi connectivity index (χ3v) is 4.82. The Balaban J connectivity index is 2.68. The van der Waals surface area contributed by atoms with Crippen LogP contribution in [0.1, 0.15) is 25.4 Å². The number of hydrogen-bond donors (Lipinski definition) is 0. The summed E-state index contributed by atoms with van der Waals surface area (Å²) in [4.78, 5) is 13.2. The van der Waals surface area contributed by atoms with Gasteiger partial charge in [0.25, 0.3) is 6.71 Å². The van der Waals surface area contributed by atoms with Crippen LogP contribution < -0.4 is 15.2 Å². The van der Waals surface area contributed by atoms with Crippen molar-refractivity contribution < 1.29 is 4.74 Å². The quantitative estimate of drug-likeness (QED) is 0.713. The van der Waals surface area contributed by atoms with Gasteiger partial charge in [-0.15, -0.1) is 0 Å². The summed E-state index contributed by atoms with van der Waals surface area (Å²) in [6.07, 6.45) is 4.28. The van der Waals surface area contributed by atoms with Gasteiger partial charge in [0, 0.05) is 38.4 Å². The molecule has 9 heteroatoms. The Morgan fingerprint density at radius 3 is 2.70 bits per heavy atom. The van der Waals surface area contributed by atoms with E-state index in [1.165, 1.54) is 0 Å². The number of halogens is 1. The van der Waals surface area contributed by atoms with Crippen LogP contribution in [0.5, 0.6) is 5.75 Å². The van der Waals surface area contributed by atoms with Gasteiger partial charge in [-0.1, -0.05) is 31.8 Å². The van der Waals surface area contributed by atoms with E-state index in [1.54, 1.807) is 20.4 Å². The van der Waals surface area contributed by atoms with E-state index in [1.807, 2.05) is 49.9 Å². The van der Waals surface area contributed by atoms with Crippen LogP contribution in [0.3, 0.4) is 0 Å². The topological polar surface area (TPSA) is 79.3 Å². The van der Waals surface area contributed by atoms with Gasteiger partial charge in [0.15, 0.2) is 10.6 Å². The molecule has 1 atom stereocenters. The number of aromatic nitrogens is 3. The van der Waals surface area contributed by atoms with Gasteiger partial charge in [-0.05, 0) is 11.9 Å². The van der Waals surface area contributed by atoms with Crippen LogP contribution in [0.2, 0.25) is 11.5 Å². The molecule has 1 unspecified atom stereocenters. The van der Waals surface area contributed by atoms with Gasteiger partial charge in [-0.2, -0.15) is 0 Å². The zero-order chi connectivity index (χ0) is 20.1. The van der Waals surface area contributed by atoms with Crippen LogP contribution in [-0.4, -0.2) is 49.6 Å². The minimum Gasteiger partial charge on any atom is -0.494 e. The maximum atomic E-state index is 9.38. The smallest absolute Gasteiger partial charge is 0.276 e. The predicted octanol–water partition coefficient (Wildman–Crippen LogP) is 2.56. The summed E-state index contributed by atoms with van der Waals surface area (Å²) in [7, 11) is 7.04. The van der Waals surface area contributed by atoms with Crippen molar-refractivity contribution >= 4 is 18.3 Å². The molecule has 0 aliphatic carbocycles. The van der Waals surface area contributed by atoms with Crippen LogP contribution in [0, 0.1) is 11.2 Å². The largest absolute Gasteiger partial charge is 0.494 e. The van der Waals surface area contributed by atoms with Crippen molar-refractivity contribution in [2.75, 3.05) is 33.3 Å². The van der Waals surface area contributed by atoms with Gasteiger partial charge in [0.1, 0.15) is 5.75 Å². The normalized spacial score (nSPS) is 12.4. The summed E-state index contributed by atoms with van der Waals surface area (Å²) in [6.45, 7) is 3.90. The summed E-state index contributed by atoms with van der Waals surface area (Å²) < 4.78 is 7.30. The highest BCUT2D eigenvalue weighted by molar-refractivity contribution is 6.68. The monoisotopic (exact) mass is 386 g/mol. The highest BCUT2D eigenvalue weighted by atomic mass is 35.5. The van der Waals surface area contributed by atoms with Crippen LogP contribution in [0.15, 0.2) is 23.5 Å². The molecule has 0 bridgehead atoms. The summed E-state index contributed by atoms with van der Waals surface area (Å²) in [6, 6.07) is 1.92. The Bertz CT molecular complexity index is 921. The molecular formula is C18H24BClN6O. The summed E-state index contributed by atoms with van der Waals surface area (Å²) >= 11 is 6.37. The minimum atomic E-state index is -0.108. The molecule has 0 aromatic carbocycles. The molecule has 2 heterocycles. The van der Waals surface area contributed by atoms with E-state index in [2.05, 4.69) is 20.9 Å². The van der Waals surface area contributed by atoms with E-state index in [0.29, 0.717) is 22.1 Å². The summed E-state index contributed by atoms with van der Waals surface area (Å²) in [5.74, 6) is 2.94. The molecule has 2 aromatic rings. The number of nitrogens with zero attached hydrogens (tertiary/aromatic N) is 6. The average molecular weight is 387 g/mol. The molecule has 0 fully saturated rings. The minimum absolute atomic E-state index is 0.00832. The first kappa shape index (κ1) is 20.8. The highest BCUT2D eigenvalue weighted by Gasteiger charge is 2.24. The van der Waals surface area contributed by atoms with E-state index in [-0.39, 0.29) is 12.5 Å². The molecule has 0 radical (unpaired) electrons. The lowest BCUT2D eigenvalue weighted by atomic mass is 9.40. The Kier molecular flexibility index (Phi) is 6.86. The van der Waals surface area contributed by atoms with E-state index in [9.17, 15) is 5.26 Å². The zero-order valence-corrected chi connectivity index (χ0v) is 17.3. The van der Waals surface area contributed by atoms with Gasteiger partial charge >= 0.3 is 0 Å². The molecule has 27 heavy (non-hydrogen) atoms. The van der Waals surface area contributed by atoms with Crippen molar-refractivity contribution in [2.45, 2.75) is 26.0 Å². The molecule has 0 saturated carbocycles. The van der Waals surface area contributed by atoms with E-state index in [4.69, 9.17) is 16.3 Å². The van der Waals surface area contributed by atoms with Crippen molar-refractivity contribution in [3.63, 3.8) is 0 Å². The molecule has 0 amide bonds. The second-order valence-electron chi connectivity index (χ2n) is 6.40. The third kappa shape index (κ3) is 4.25. The highest BCUT2D eigenvalue weighted by Crippen LogP contribution is 2.31. The number of rotatable bonds is 6. The van der Waals surface area contributed by atoms with Gasteiger partial charge < -0.3 is 9.75 Å². The van der Waals surface area contributed by atoms with Crippen LogP contribution >= 0.6 is 11.6 Å². The summed E-state index contributed by atoms with van der Waals surface area (Å²) in [5.41, 5.74) is 2.78. The Hall–Kier alpha value is -2.53. The second-order valence-corrected chi connectivity index (χ2v) is 6.76. The van der Waals surface area contributed by atoms with E-state index < -0.39 is 0 Å². The number of hydrogen-bond acceptors (Lipinski definition) is 6. The average Bonchev–Trinajstić information content (AvgIpc) is 2.67. The molecule has 0 N–H and O–H groups in total. The van der Waals surface area contributed by atoms with Crippen LogP contribution in [0.4, 0.5) is 0 Å². The molecule has 7 nitrogen and oxygen atoms in total. The first-order chi connectivity index (χ1) is 12.9. The molecule has 2 rings (SSSR count). The Morgan fingerprint density at radius 1 is 1.48 bits per heavy atom. The number of pyridine rings is 1. The lowest BCUT2D eigenvalue weighted by molar-refractivity contribution is 0.414. The summed E-state index contributed by atoms with van der Waals surface area (Å²) in [5, 5.41) is 11.5. The van der Waals surface area contributed by atoms with Crippen LogP contribution in [-0.2, 0) is 0 Å². The van der Waals surface area contributed by atoms with E-state index in [0.717, 1.165) is 17.6 Å². The van der Waals surface area contributed by atoms with Crippen molar-refractivity contribution in [3.8, 4) is 23.0 Å². The van der Waals surface area contributed by atoms with Crippen molar-refractivity contribution in [1.29, 1.82) is 5.26 Å². The molecule has 0 aliphatic heterocycles. The predicted molar refractivity (Wildman–Crippen MR) is 109 cm³/mol. The third-order valence-electron chi connectivity index (χ3n) is 4.57. The number of nitriles is 1. The Labute approximate surface area is 165 Å². The van der Waals surface area contributed by atoms with E-state index >= 15 is 0 Å².